The predicted molar refractivity (Wildman–Crippen MR) is 89.8 cm³/mol. The smallest absolute Gasteiger partial charge is 0.275 e. The highest BCUT2D eigenvalue weighted by Gasteiger charge is 2.14. The second kappa shape index (κ2) is 8.56. The van der Waals surface area contributed by atoms with E-state index in [0.717, 1.165) is 12.1 Å². The van der Waals surface area contributed by atoms with Crippen molar-refractivity contribution in [2.45, 2.75) is 26.3 Å². The SMILES string of the molecule is Cc1c(Cl)cnn1CCC(=O)Nc1cc(OCC(F)F)cc([N+](=O)[O-])c1. The van der Waals surface area contributed by atoms with Crippen molar-refractivity contribution in [1.29, 1.82) is 0 Å². The van der Waals surface area contributed by atoms with Gasteiger partial charge in [-0.15, -0.1) is 0 Å². The van der Waals surface area contributed by atoms with Crippen LogP contribution in [0.1, 0.15) is 12.1 Å². The molecule has 0 fully saturated rings. The van der Waals surface area contributed by atoms with E-state index in [2.05, 4.69) is 10.4 Å². The monoisotopic (exact) mass is 388 g/mol. The Morgan fingerprint density at radius 3 is 2.77 bits per heavy atom. The van der Waals surface area contributed by atoms with Gasteiger partial charge in [0.1, 0.15) is 12.4 Å². The molecule has 0 aliphatic carbocycles. The summed E-state index contributed by atoms with van der Waals surface area (Å²) in [5, 5.41) is 17.9. The van der Waals surface area contributed by atoms with Crippen LogP contribution in [-0.2, 0) is 11.3 Å². The van der Waals surface area contributed by atoms with Gasteiger partial charge in [-0.25, -0.2) is 8.78 Å². The van der Waals surface area contributed by atoms with E-state index >= 15 is 0 Å². The van der Waals surface area contributed by atoms with Crippen molar-refractivity contribution >= 4 is 28.9 Å². The zero-order valence-electron chi connectivity index (χ0n) is 13.6. The number of hydrogen-bond acceptors (Lipinski definition) is 5. The highest BCUT2D eigenvalue weighted by Crippen LogP contribution is 2.26. The molecule has 0 aliphatic rings. The first-order valence-corrected chi connectivity index (χ1v) is 7.82. The Morgan fingerprint density at radius 1 is 1.46 bits per heavy atom. The average Bonchev–Trinajstić information content (AvgIpc) is 2.89. The Labute approximate surface area is 151 Å². The third-order valence-corrected chi connectivity index (χ3v) is 3.73. The molecule has 1 N–H and O–H groups in total. The Hall–Kier alpha value is -2.75. The third kappa shape index (κ3) is 5.38. The summed E-state index contributed by atoms with van der Waals surface area (Å²) in [7, 11) is 0. The van der Waals surface area contributed by atoms with Gasteiger partial charge in [-0.1, -0.05) is 11.6 Å². The molecule has 26 heavy (non-hydrogen) atoms. The van der Waals surface area contributed by atoms with Crippen molar-refractivity contribution in [3.63, 3.8) is 0 Å². The highest BCUT2D eigenvalue weighted by molar-refractivity contribution is 6.31. The molecule has 0 bridgehead atoms. The maximum absolute atomic E-state index is 12.2. The molecule has 0 spiro atoms. The fourth-order valence-electron chi connectivity index (χ4n) is 2.08. The maximum Gasteiger partial charge on any atom is 0.275 e. The molecule has 1 heterocycles. The van der Waals surface area contributed by atoms with Crippen LogP contribution < -0.4 is 10.1 Å². The summed E-state index contributed by atoms with van der Waals surface area (Å²) in [5.74, 6) is -0.569. The fraction of sp³-hybridized carbons (Fsp3) is 0.333. The van der Waals surface area contributed by atoms with E-state index in [4.69, 9.17) is 16.3 Å². The van der Waals surface area contributed by atoms with Crippen molar-refractivity contribution in [3.8, 4) is 5.75 Å². The summed E-state index contributed by atoms with van der Waals surface area (Å²) in [4.78, 5) is 22.3. The van der Waals surface area contributed by atoms with E-state index in [1.807, 2.05) is 0 Å². The molecule has 0 saturated carbocycles. The van der Waals surface area contributed by atoms with Crippen molar-refractivity contribution in [2.24, 2.45) is 0 Å². The summed E-state index contributed by atoms with van der Waals surface area (Å²) in [6, 6.07) is 3.36. The number of alkyl halides is 2. The highest BCUT2D eigenvalue weighted by atomic mass is 35.5. The lowest BCUT2D eigenvalue weighted by molar-refractivity contribution is -0.384. The first-order chi connectivity index (χ1) is 12.3. The number of nitrogens with zero attached hydrogens (tertiary/aromatic N) is 3. The number of halogens is 3. The Morgan fingerprint density at radius 2 is 2.19 bits per heavy atom. The van der Waals surface area contributed by atoms with Crippen LogP contribution >= 0.6 is 11.6 Å². The van der Waals surface area contributed by atoms with Crippen molar-refractivity contribution < 1.29 is 23.2 Å². The number of rotatable bonds is 8. The number of aryl methyl sites for hydroxylation is 1. The average molecular weight is 389 g/mol. The summed E-state index contributed by atoms with van der Waals surface area (Å²) in [5.41, 5.74) is 0.392. The van der Waals surface area contributed by atoms with Crippen LogP contribution in [0.3, 0.4) is 0 Å². The summed E-state index contributed by atoms with van der Waals surface area (Å²) in [6.07, 6.45) is -1.23. The fourth-order valence-corrected chi connectivity index (χ4v) is 2.22. The molecule has 0 aliphatic heterocycles. The normalized spacial score (nSPS) is 10.8. The van der Waals surface area contributed by atoms with Gasteiger partial charge >= 0.3 is 0 Å². The molecule has 0 saturated heterocycles. The number of benzene rings is 1. The molecule has 8 nitrogen and oxygen atoms in total. The first-order valence-electron chi connectivity index (χ1n) is 7.44. The number of non-ortho nitro benzene ring substituents is 1. The number of carbonyl (C=O) groups is 1. The molecular weight excluding hydrogens is 374 g/mol. The standard InChI is InChI=1S/C15H15ClF2N4O4/c1-9-13(16)7-19-21(9)3-2-15(23)20-10-4-11(22(24)25)6-12(5-10)26-8-14(17)18/h4-7,14H,2-3,8H2,1H3,(H,20,23). The van der Waals surface area contributed by atoms with Crippen LogP contribution in [0.2, 0.25) is 5.02 Å². The molecule has 0 radical (unpaired) electrons. The Kier molecular flexibility index (Phi) is 6.45. The van der Waals surface area contributed by atoms with Gasteiger partial charge in [-0.05, 0) is 6.92 Å². The second-order valence-corrected chi connectivity index (χ2v) is 5.68. The number of carbonyl (C=O) groups excluding carboxylic acids is 1. The number of ether oxygens (including phenoxy) is 1. The summed E-state index contributed by atoms with van der Waals surface area (Å²) < 4.78 is 30.8. The molecule has 1 aromatic carbocycles. The molecule has 0 unspecified atom stereocenters. The number of nitro benzene ring substituents is 1. The molecule has 11 heteroatoms. The number of anilines is 1. The molecule has 0 atom stereocenters. The number of nitrogens with one attached hydrogen (secondary N) is 1. The zero-order valence-corrected chi connectivity index (χ0v) is 14.4. The van der Waals surface area contributed by atoms with Crippen LogP contribution in [0.25, 0.3) is 0 Å². The van der Waals surface area contributed by atoms with Crippen LogP contribution in [0.5, 0.6) is 5.75 Å². The van der Waals surface area contributed by atoms with Crippen LogP contribution in [0.15, 0.2) is 24.4 Å². The minimum Gasteiger partial charge on any atom is -0.487 e. The van der Waals surface area contributed by atoms with Crippen molar-refractivity contribution in [2.75, 3.05) is 11.9 Å². The Balaban J connectivity index is 2.05. The van der Waals surface area contributed by atoms with E-state index < -0.39 is 23.9 Å². The number of hydrogen-bond donors (Lipinski definition) is 1. The van der Waals surface area contributed by atoms with Crippen molar-refractivity contribution in [1.82, 2.24) is 9.78 Å². The van der Waals surface area contributed by atoms with Gasteiger partial charge in [-0.2, -0.15) is 5.10 Å². The summed E-state index contributed by atoms with van der Waals surface area (Å²) in [6.45, 7) is 1.10. The molecule has 2 aromatic rings. The first kappa shape index (κ1) is 19.6. The van der Waals surface area contributed by atoms with E-state index in [1.54, 1.807) is 11.6 Å². The second-order valence-electron chi connectivity index (χ2n) is 5.27. The van der Waals surface area contributed by atoms with Gasteiger partial charge in [-0.3, -0.25) is 19.6 Å². The lowest BCUT2D eigenvalue weighted by Crippen LogP contribution is -2.16. The molecular formula is C15H15ClF2N4O4. The topological polar surface area (TPSA) is 99.3 Å². The summed E-state index contributed by atoms with van der Waals surface area (Å²) >= 11 is 5.88. The molecule has 1 aromatic heterocycles. The van der Waals surface area contributed by atoms with E-state index in [-0.39, 0.29) is 30.1 Å². The van der Waals surface area contributed by atoms with Gasteiger partial charge in [0.2, 0.25) is 5.91 Å². The van der Waals surface area contributed by atoms with E-state index in [9.17, 15) is 23.7 Å². The number of amides is 1. The quantitative estimate of drug-likeness (QED) is 0.551. The zero-order chi connectivity index (χ0) is 19.3. The minimum atomic E-state index is -2.73. The van der Waals surface area contributed by atoms with Crippen molar-refractivity contribution in [3.05, 3.63) is 45.2 Å². The number of aromatic nitrogens is 2. The predicted octanol–water partition coefficient (Wildman–Crippen LogP) is 3.43. The maximum atomic E-state index is 12.2. The largest absolute Gasteiger partial charge is 0.487 e. The van der Waals surface area contributed by atoms with Crippen LogP contribution in [0, 0.1) is 17.0 Å². The van der Waals surface area contributed by atoms with Gasteiger partial charge in [0, 0.05) is 18.6 Å². The van der Waals surface area contributed by atoms with Crippen LogP contribution in [0.4, 0.5) is 20.2 Å². The Bertz CT molecular complexity index is 813. The molecule has 140 valence electrons. The minimum absolute atomic E-state index is 0.0365. The molecule has 2 rings (SSSR count). The van der Waals surface area contributed by atoms with Crippen LogP contribution in [-0.4, -0.2) is 33.6 Å². The lowest BCUT2D eigenvalue weighted by atomic mass is 10.2. The number of nitro groups is 1. The lowest BCUT2D eigenvalue weighted by Gasteiger charge is -2.10. The van der Waals surface area contributed by atoms with Gasteiger partial charge in [0.25, 0.3) is 12.1 Å². The van der Waals surface area contributed by atoms with Gasteiger partial charge < -0.3 is 10.1 Å². The van der Waals surface area contributed by atoms with E-state index in [0.29, 0.717) is 10.7 Å². The van der Waals surface area contributed by atoms with Gasteiger partial charge in [0.15, 0.2) is 0 Å². The third-order valence-electron chi connectivity index (χ3n) is 3.36. The molecule has 1 amide bonds. The van der Waals surface area contributed by atoms with E-state index in [1.165, 1.54) is 12.3 Å². The van der Waals surface area contributed by atoms with Gasteiger partial charge in [0.05, 0.1) is 40.1 Å².